The number of allylic oxidation sites excluding steroid dienone is 1. The first-order valence-electron chi connectivity index (χ1n) is 12.0. The van der Waals surface area contributed by atoms with Gasteiger partial charge in [-0.15, -0.1) is 5.23 Å². The van der Waals surface area contributed by atoms with E-state index in [1.54, 1.807) is 69.5 Å². The molecule has 200 valence electrons. The lowest BCUT2D eigenvalue weighted by molar-refractivity contribution is -0.138. The molecule has 0 radical (unpaired) electrons. The topological polar surface area (TPSA) is 127 Å². The molecule has 1 aliphatic rings. The predicted octanol–water partition coefficient (Wildman–Crippen LogP) is 3.76. The smallest absolute Gasteiger partial charge is 0.338 e. The maximum absolute atomic E-state index is 13.5. The minimum Gasteiger partial charge on any atom is -0.497 e. The van der Waals surface area contributed by atoms with Gasteiger partial charge in [0.05, 0.1) is 25.0 Å². The number of hydrogen-bond acceptors (Lipinski definition) is 10. The Kier molecular flexibility index (Phi) is 7.20. The zero-order chi connectivity index (χ0) is 27.7. The number of carbonyl (C=O) groups excluding carboxylic acids is 1. The van der Waals surface area contributed by atoms with Crippen LogP contribution in [-0.4, -0.2) is 34.7 Å². The number of benzene rings is 2. The van der Waals surface area contributed by atoms with Gasteiger partial charge in [-0.25, -0.2) is 9.79 Å². The first kappa shape index (κ1) is 26.2. The molecule has 3 heterocycles. The summed E-state index contributed by atoms with van der Waals surface area (Å²) in [5, 5.41) is 18.6. The second kappa shape index (κ2) is 10.7. The maximum atomic E-state index is 13.5. The molecule has 1 unspecified atom stereocenters. The van der Waals surface area contributed by atoms with Gasteiger partial charge in [0.2, 0.25) is 0 Å². The number of carbonyl (C=O) groups is 1. The average Bonchev–Trinajstić information content (AvgIpc) is 3.53. The van der Waals surface area contributed by atoms with E-state index < -0.39 is 12.0 Å². The maximum Gasteiger partial charge on any atom is 0.338 e. The van der Waals surface area contributed by atoms with Crippen molar-refractivity contribution in [2.45, 2.75) is 19.9 Å². The first-order chi connectivity index (χ1) is 18.8. The van der Waals surface area contributed by atoms with Gasteiger partial charge in [0.15, 0.2) is 4.80 Å². The van der Waals surface area contributed by atoms with Crippen LogP contribution in [-0.2, 0) is 9.53 Å². The lowest BCUT2D eigenvalue weighted by atomic mass is 9.96. The van der Waals surface area contributed by atoms with Gasteiger partial charge >= 0.3 is 5.97 Å². The van der Waals surface area contributed by atoms with Crippen LogP contribution in [0.3, 0.4) is 0 Å². The summed E-state index contributed by atoms with van der Waals surface area (Å²) in [7, 11) is 1.58. The van der Waals surface area contributed by atoms with E-state index in [1.165, 1.54) is 22.0 Å². The van der Waals surface area contributed by atoms with Crippen molar-refractivity contribution in [1.82, 2.24) is 4.57 Å². The Labute approximate surface area is 226 Å². The highest BCUT2D eigenvalue weighted by Gasteiger charge is 2.31. The lowest BCUT2D eigenvalue weighted by Crippen LogP contribution is -2.35. The quantitative estimate of drug-likeness (QED) is 0.265. The van der Waals surface area contributed by atoms with Gasteiger partial charge in [0.25, 0.3) is 5.56 Å². The molecule has 0 spiro atoms. The lowest BCUT2D eigenvalue weighted by Gasteiger charge is -2.22. The Morgan fingerprint density at radius 2 is 1.95 bits per heavy atom. The Balaban J connectivity index is 1.60. The van der Waals surface area contributed by atoms with Crippen molar-refractivity contribution in [3.8, 4) is 17.1 Å². The molecule has 11 heteroatoms. The molecule has 1 aliphatic heterocycles. The summed E-state index contributed by atoms with van der Waals surface area (Å²) in [5.41, 5.74) is 1.97. The van der Waals surface area contributed by atoms with E-state index >= 15 is 0 Å². The van der Waals surface area contributed by atoms with Crippen LogP contribution in [0.1, 0.15) is 31.2 Å². The Morgan fingerprint density at radius 3 is 2.64 bits per heavy atom. The average molecular weight is 548 g/mol. The van der Waals surface area contributed by atoms with Crippen LogP contribution in [0, 0.1) is 0 Å². The third kappa shape index (κ3) is 5.02. The molecule has 0 saturated carbocycles. The van der Waals surface area contributed by atoms with E-state index in [-0.39, 0.29) is 23.1 Å². The number of methoxy groups -OCH3 is 1. The molecule has 1 atom stereocenters. The second-order valence-electron chi connectivity index (χ2n) is 8.60. The van der Waals surface area contributed by atoms with Crippen molar-refractivity contribution in [2.75, 3.05) is 18.9 Å². The SMILES string of the molecule is CCOC(=O)C1=C(C)n2c(sc(=Cc3ccc(-c4cccc(N(O)O)c4)o3)c2=O)=NC1c1ccc(OC)cc1. The normalized spacial score (nSPS) is 15.1. The molecule has 4 aromatic rings. The third-order valence-electron chi connectivity index (χ3n) is 6.23. The van der Waals surface area contributed by atoms with Crippen LogP contribution < -0.4 is 24.9 Å². The Hall–Kier alpha value is -4.45. The second-order valence-corrected chi connectivity index (χ2v) is 9.61. The third-order valence-corrected chi connectivity index (χ3v) is 7.22. The molecule has 2 aromatic carbocycles. The number of fused-ring (bicyclic) bond motifs is 1. The van der Waals surface area contributed by atoms with Crippen molar-refractivity contribution in [2.24, 2.45) is 4.99 Å². The summed E-state index contributed by atoms with van der Waals surface area (Å²) < 4.78 is 18.3. The number of thiazole rings is 1. The van der Waals surface area contributed by atoms with Crippen molar-refractivity contribution in [1.29, 1.82) is 0 Å². The standard InChI is InChI=1S/C28H25N3O7S/c1-4-37-27(33)24-16(2)30-26(32)23(39-28(30)29-25(24)17-8-10-20(36-3)11-9-17)15-21-12-13-22(38-21)18-6-5-7-19(14-18)31(34)35/h5-15,25,34-35H,4H2,1-3H3. The minimum absolute atomic E-state index is 0.0275. The van der Waals surface area contributed by atoms with E-state index in [2.05, 4.69) is 0 Å². The summed E-state index contributed by atoms with van der Waals surface area (Å²) in [6, 6.07) is 16.5. The Bertz CT molecular complexity index is 1750. The van der Waals surface area contributed by atoms with E-state index in [0.29, 0.717) is 43.4 Å². The summed E-state index contributed by atoms with van der Waals surface area (Å²) in [5.74, 6) is 1.05. The number of rotatable bonds is 7. The molecule has 10 nitrogen and oxygen atoms in total. The highest BCUT2D eigenvalue weighted by Crippen LogP contribution is 2.33. The van der Waals surface area contributed by atoms with Crippen LogP contribution in [0.2, 0.25) is 0 Å². The molecule has 2 aromatic heterocycles. The van der Waals surface area contributed by atoms with Crippen LogP contribution in [0.5, 0.6) is 5.75 Å². The van der Waals surface area contributed by atoms with Crippen molar-refractivity contribution in [3.63, 3.8) is 0 Å². The van der Waals surface area contributed by atoms with Crippen molar-refractivity contribution >= 4 is 34.8 Å². The van der Waals surface area contributed by atoms with Gasteiger partial charge in [0, 0.05) is 17.3 Å². The molecule has 0 fully saturated rings. The molecule has 0 amide bonds. The van der Waals surface area contributed by atoms with E-state index in [1.807, 2.05) is 12.1 Å². The first-order valence-corrected chi connectivity index (χ1v) is 12.8. The monoisotopic (exact) mass is 547 g/mol. The Morgan fingerprint density at radius 1 is 1.18 bits per heavy atom. The van der Waals surface area contributed by atoms with Crippen molar-refractivity contribution < 1.29 is 29.1 Å². The molecule has 39 heavy (non-hydrogen) atoms. The molecule has 0 aliphatic carbocycles. The molecule has 5 rings (SSSR count). The number of aromatic nitrogens is 1. The number of hydrogen-bond donors (Lipinski definition) is 2. The van der Waals surface area contributed by atoms with Gasteiger partial charge in [-0.3, -0.25) is 19.8 Å². The fourth-order valence-electron chi connectivity index (χ4n) is 4.34. The zero-order valence-electron chi connectivity index (χ0n) is 21.3. The van der Waals surface area contributed by atoms with Crippen molar-refractivity contribution in [3.05, 3.63) is 97.2 Å². The van der Waals surface area contributed by atoms with E-state index in [4.69, 9.17) is 18.9 Å². The fraction of sp³-hybridized carbons (Fsp3) is 0.179. The predicted molar refractivity (Wildman–Crippen MR) is 144 cm³/mol. The highest BCUT2D eigenvalue weighted by molar-refractivity contribution is 7.07. The van der Waals surface area contributed by atoms with Crippen LogP contribution in [0.25, 0.3) is 23.1 Å². The largest absolute Gasteiger partial charge is 0.497 e. The number of esters is 1. The summed E-state index contributed by atoms with van der Waals surface area (Å²) in [6.45, 7) is 3.62. The highest BCUT2D eigenvalue weighted by atomic mass is 32.1. The van der Waals surface area contributed by atoms with Gasteiger partial charge in [-0.2, -0.15) is 0 Å². The minimum atomic E-state index is -0.652. The van der Waals surface area contributed by atoms with Crippen LogP contribution >= 0.6 is 11.3 Å². The van der Waals surface area contributed by atoms with E-state index in [0.717, 1.165) is 5.56 Å². The molecular weight excluding hydrogens is 522 g/mol. The number of nitrogens with zero attached hydrogens (tertiary/aromatic N) is 3. The number of anilines is 1. The summed E-state index contributed by atoms with van der Waals surface area (Å²) in [6.07, 6.45) is 1.62. The molecular formula is C28H25N3O7S. The molecule has 0 saturated heterocycles. The van der Waals surface area contributed by atoms with Gasteiger partial charge in [0.1, 0.15) is 27.8 Å². The fourth-order valence-corrected chi connectivity index (χ4v) is 5.36. The summed E-state index contributed by atoms with van der Waals surface area (Å²) >= 11 is 1.19. The number of ether oxygens (including phenoxy) is 2. The van der Waals surface area contributed by atoms with Crippen LogP contribution in [0.15, 0.2) is 80.4 Å². The molecule has 0 bridgehead atoms. The van der Waals surface area contributed by atoms with Gasteiger partial charge < -0.3 is 13.9 Å². The summed E-state index contributed by atoms with van der Waals surface area (Å²) in [4.78, 5) is 31.7. The zero-order valence-corrected chi connectivity index (χ0v) is 22.1. The van der Waals surface area contributed by atoms with Gasteiger partial charge in [-0.1, -0.05) is 35.6 Å². The number of furan rings is 1. The van der Waals surface area contributed by atoms with E-state index in [9.17, 15) is 20.0 Å². The van der Waals surface area contributed by atoms with Crippen LogP contribution in [0.4, 0.5) is 5.69 Å². The van der Waals surface area contributed by atoms with Gasteiger partial charge in [-0.05, 0) is 55.8 Å². The molecule has 2 N–H and O–H groups in total.